The van der Waals surface area contributed by atoms with Crippen LogP contribution in [0.4, 0.5) is 8.78 Å². The molecule has 1 fully saturated rings. The first-order valence-corrected chi connectivity index (χ1v) is 6.59. The third-order valence-corrected chi connectivity index (χ3v) is 4.14. The maximum absolute atomic E-state index is 13.6. The molecule has 0 aromatic heterocycles. The van der Waals surface area contributed by atoms with Crippen LogP contribution in [0.5, 0.6) is 0 Å². The van der Waals surface area contributed by atoms with Gasteiger partial charge in [0.25, 0.3) is 5.91 Å². The number of aliphatic carboxylic acids is 1. The van der Waals surface area contributed by atoms with E-state index in [9.17, 15) is 18.4 Å². The van der Waals surface area contributed by atoms with Crippen molar-refractivity contribution in [3.63, 3.8) is 0 Å². The fourth-order valence-electron chi connectivity index (χ4n) is 1.95. The van der Waals surface area contributed by atoms with E-state index in [4.69, 9.17) is 5.11 Å². The van der Waals surface area contributed by atoms with E-state index in [2.05, 4.69) is 0 Å². The zero-order chi connectivity index (χ0) is 14.2. The lowest BCUT2D eigenvalue weighted by Crippen LogP contribution is -2.45. The van der Waals surface area contributed by atoms with E-state index < -0.39 is 40.5 Å². The molecule has 102 valence electrons. The third kappa shape index (κ3) is 2.42. The van der Waals surface area contributed by atoms with E-state index in [1.165, 1.54) is 17.8 Å². The van der Waals surface area contributed by atoms with Crippen LogP contribution in [0.1, 0.15) is 17.3 Å². The number of halogens is 2. The van der Waals surface area contributed by atoms with Crippen LogP contribution in [0.25, 0.3) is 0 Å². The number of hydrogen-bond acceptors (Lipinski definition) is 3. The average molecular weight is 287 g/mol. The summed E-state index contributed by atoms with van der Waals surface area (Å²) in [6, 6.07) is 2.25. The Labute approximate surface area is 112 Å². The molecular formula is C12H11F2NO3S. The fraction of sp³-hybridized carbons (Fsp3) is 0.333. The fourth-order valence-corrected chi connectivity index (χ4v) is 3.12. The van der Waals surface area contributed by atoms with Crippen LogP contribution in [-0.2, 0) is 4.79 Å². The van der Waals surface area contributed by atoms with Crippen LogP contribution < -0.4 is 0 Å². The lowest BCUT2D eigenvalue weighted by atomic mass is 10.1. The van der Waals surface area contributed by atoms with Gasteiger partial charge in [-0.3, -0.25) is 4.79 Å². The normalized spacial score (nSPS) is 22.6. The van der Waals surface area contributed by atoms with Crippen molar-refractivity contribution in [3.8, 4) is 0 Å². The second kappa shape index (κ2) is 5.16. The molecule has 4 nitrogen and oxygen atoms in total. The Balaban J connectivity index is 2.37. The summed E-state index contributed by atoms with van der Waals surface area (Å²) in [5.74, 6) is -4.10. The average Bonchev–Trinajstić information content (AvgIpc) is 2.74. The van der Waals surface area contributed by atoms with Gasteiger partial charge in [-0.05, 0) is 19.1 Å². The standard InChI is InChI=1S/C12H11F2NO3S/c1-6-15(9(5-19-6)12(17)18)11(16)7-3-2-4-8(13)10(7)14/h2-4,6,9H,5H2,1H3,(H,17,18). The van der Waals surface area contributed by atoms with Crippen molar-refractivity contribution in [1.82, 2.24) is 4.90 Å². The van der Waals surface area contributed by atoms with Crippen LogP contribution in [-0.4, -0.2) is 39.1 Å². The molecule has 1 amide bonds. The van der Waals surface area contributed by atoms with E-state index in [1.807, 2.05) is 0 Å². The largest absolute Gasteiger partial charge is 0.480 e. The van der Waals surface area contributed by atoms with Crippen molar-refractivity contribution in [2.45, 2.75) is 18.3 Å². The van der Waals surface area contributed by atoms with E-state index in [0.29, 0.717) is 0 Å². The molecule has 1 aliphatic rings. The molecule has 2 atom stereocenters. The Morgan fingerprint density at radius 3 is 2.74 bits per heavy atom. The van der Waals surface area contributed by atoms with Gasteiger partial charge < -0.3 is 10.0 Å². The first kappa shape index (κ1) is 13.8. The van der Waals surface area contributed by atoms with Crippen LogP contribution in [0.15, 0.2) is 18.2 Å². The molecule has 0 spiro atoms. The van der Waals surface area contributed by atoms with Gasteiger partial charge >= 0.3 is 5.97 Å². The Bertz CT molecular complexity index is 538. The topological polar surface area (TPSA) is 57.6 Å². The monoisotopic (exact) mass is 287 g/mol. The smallest absolute Gasteiger partial charge is 0.327 e. The lowest BCUT2D eigenvalue weighted by Gasteiger charge is -2.25. The maximum atomic E-state index is 13.6. The number of benzene rings is 1. The van der Waals surface area contributed by atoms with Gasteiger partial charge in [-0.1, -0.05) is 6.07 Å². The molecule has 2 rings (SSSR count). The van der Waals surface area contributed by atoms with Crippen molar-refractivity contribution in [1.29, 1.82) is 0 Å². The number of thioether (sulfide) groups is 1. The summed E-state index contributed by atoms with van der Waals surface area (Å²) in [4.78, 5) is 24.3. The van der Waals surface area contributed by atoms with E-state index in [1.54, 1.807) is 6.92 Å². The van der Waals surface area contributed by atoms with Gasteiger partial charge in [0.2, 0.25) is 0 Å². The van der Waals surface area contributed by atoms with Gasteiger partial charge in [-0.2, -0.15) is 0 Å². The number of rotatable bonds is 2. The highest BCUT2D eigenvalue weighted by Gasteiger charge is 2.40. The van der Waals surface area contributed by atoms with Gasteiger partial charge in [0.15, 0.2) is 11.6 Å². The summed E-state index contributed by atoms with van der Waals surface area (Å²) < 4.78 is 26.7. The van der Waals surface area contributed by atoms with Gasteiger partial charge in [0.05, 0.1) is 10.9 Å². The Kier molecular flexibility index (Phi) is 3.75. The molecule has 0 aliphatic carbocycles. The highest BCUT2D eigenvalue weighted by atomic mass is 32.2. The first-order chi connectivity index (χ1) is 8.93. The zero-order valence-electron chi connectivity index (χ0n) is 9.97. The number of hydrogen-bond donors (Lipinski definition) is 1. The molecule has 0 bridgehead atoms. The van der Waals surface area contributed by atoms with Gasteiger partial charge in [-0.15, -0.1) is 11.8 Å². The van der Waals surface area contributed by atoms with Crippen LogP contribution in [0.2, 0.25) is 0 Å². The number of carboxylic acids is 1. The van der Waals surface area contributed by atoms with Crippen molar-refractivity contribution >= 4 is 23.6 Å². The molecule has 0 radical (unpaired) electrons. The summed E-state index contributed by atoms with van der Waals surface area (Å²) in [7, 11) is 0. The molecule has 1 N–H and O–H groups in total. The molecule has 1 aromatic carbocycles. The predicted molar refractivity (Wildman–Crippen MR) is 65.9 cm³/mol. The Hall–Kier alpha value is -1.63. The second-order valence-electron chi connectivity index (χ2n) is 4.10. The molecule has 7 heteroatoms. The number of nitrogens with zero attached hydrogens (tertiary/aromatic N) is 1. The summed E-state index contributed by atoms with van der Waals surface area (Å²) in [5, 5.41) is 8.65. The number of carbonyl (C=O) groups excluding carboxylic acids is 1. The van der Waals surface area contributed by atoms with Crippen LogP contribution in [0.3, 0.4) is 0 Å². The molecule has 2 unspecified atom stereocenters. The van der Waals surface area contributed by atoms with Crippen molar-refractivity contribution in [2.75, 3.05) is 5.75 Å². The predicted octanol–water partition coefficient (Wildman–Crippen LogP) is 1.95. The molecule has 19 heavy (non-hydrogen) atoms. The van der Waals surface area contributed by atoms with E-state index in [-0.39, 0.29) is 5.75 Å². The van der Waals surface area contributed by atoms with Crippen molar-refractivity contribution in [3.05, 3.63) is 35.4 Å². The van der Waals surface area contributed by atoms with Gasteiger partial charge in [0.1, 0.15) is 6.04 Å². The number of amides is 1. The zero-order valence-corrected chi connectivity index (χ0v) is 10.8. The summed E-state index contributed by atoms with van der Waals surface area (Å²) in [6.07, 6.45) is 0. The van der Waals surface area contributed by atoms with Crippen LogP contribution in [0, 0.1) is 11.6 Å². The molecule has 1 saturated heterocycles. The van der Waals surface area contributed by atoms with Crippen LogP contribution >= 0.6 is 11.8 Å². The number of carboxylic acid groups (broad SMARTS) is 1. The summed E-state index contributed by atoms with van der Waals surface area (Å²) in [6.45, 7) is 1.66. The van der Waals surface area contributed by atoms with Gasteiger partial charge in [-0.25, -0.2) is 13.6 Å². The first-order valence-electron chi connectivity index (χ1n) is 5.54. The SMILES string of the molecule is CC1SCC(C(=O)O)N1C(=O)c1cccc(F)c1F. The minimum absolute atomic E-state index is 0.235. The molecular weight excluding hydrogens is 276 g/mol. The molecule has 1 aromatic rings. The minimum atomic E-state index is -1.25. The maximum Gasteiger partial charge on any atom is 0.327 e. The molecule has 1 aliphatic heterocycles. The highest BCUT2D eigenvalue weighted by molar-refractivity contribution is 8.00. The van der Waals surface area contributed by atoms with E-state index >= 15 is 0 Å². The van der Waals surface area contributed by atoms with Crippen molar-refractivity contribution in [2.24, 2.45) is 0 Å². The van der Waals surface area contributed by atoms with Crippen molar-refractivity contribution < 1.29 is 23.5 Å². The molecule has 0 saturated carbocycles. The number of carbonyl (C=O) groups is 2. The van der Waals surface area contributed by atoms with E-state index in [0.717, 1.165) is 17.0 Å². The second-order valence-corrected chi connectivity index (χ2v) is 5.45. The Morgan fingerprint density at radius 1 is 1.42 bits per heavy atom. The molecule has 1 heterocycles. The minimum Gasteiger partial charge on any atom is -0.480 e. The quantitative estimate of drug-likeness (QED) is 0.903. The summed E-state index contributed by atoms with van der Waals surface area (Å²) >= 11 is 1.28. The lowest BCUT2D eigenvalue weighted by molar-refractivity contribution is -0.141. The highest BCUT2D eigenvalue weighted by Crippen LogP contribution is 2.31. The Morgan fingerprint density at radius 2 is 2.11 bits per heavy atom. The summed E-state index contributed by atoms with van der Waals surface area (Å²) in [5.41, 5.74) is -0.444. The third-order valence-electron chi connectivity index (χ3n) is 2.92. The van der Waals surface area contributed by atoms with Gasteiger partial charge in [0, 0.05) is 5.75 Å².